The number of carbonyl (C=O) groups excluding carboxylic acids is 1. The third kappa shape index (κ3) is 3.40. The fraction of sp³-hybridized carbons (Fsp3) is 0.500. The molecule has 2 atom stereocenters. The van der Waals surface area contributed by atoms with E-state index in [1.54, 1.807) is 0 Å². The van der Waals surface area contributed by atoms with Gasteiger partial charge < -0.3 is 11.1 Å². The zero-order valence-electron chi connectivity index (χ0n) is 9.93. The Bertz CT molecular complexity index is 399. The van der Waals surface area contributed by atoms with E-state index < -0.39 is 5.82 Å². The van der Waals surface area contributed by atoms with E-state index in [-0.39, 0.29) is 30.0 Å². The molecule has 0 aromatic carbocycles. The molecule has 1 aliphatic carbocycles. The van der Waals surface area contributed by atoms with Gasteiger partial charge in [-0.3, -0.25) is 4.79 Å². The number of nitrogens with one attached hydrogen (secondary N) is 1. The van der Waals surface area contributed by atoms with Crippen LogP contribution in [0.3, 0.4) is 0 Å². The molecule has 2 unspecified atom stereocenters. The Morgan fingerprint density at radius 3 is 2.89 bits per heavy atom. The van der Waals surface area contributed by atoms with Gasteiger partial charge in [0.2, 0.25) is 0 Å². The summed E-state index contributed by atoms with van der Waals surface area (Å²) in [6, 6.07) is 2.74. The summed E-state index contributed by atoms with van der Waals surface area (Å²) in [6.07, 6.45) is 4.14. The van der Waals surface area contributed by atoms with Crippen molar-refractivity contribution in [3.63, 3.8) is 0 Å². The van der Waals surface area contributed by atoms with Gasteiger partial charge >= 0.3 is 0 Å². The van der Waals surface area contributed by atoms with Crippen LogP contribution in [0.15, 0.2) is 18.3 Å². The number of nitrogens with zero attached hydrogens (tertiary/aromatic N) is 1. The summed E-state index contributed by atoms with van der Waals surface area (Å²) in [4.78, 5) is 15.6. The highest BCUT2D eigenvalue weighted by molar-refractivity contribution is 5.92. The lowest BCUT2D eigenvalue weighted by molar-refractivity contribution is 0.0923. The Morgan fingerprint density at radius 1 is 1.50 bits per heavy atom. The number of aromatic nitrogens is 1. The molecule has 1 aromatic heterocycles. The molecule has 1 saturated carbocycles. The number of pyridine rings is 1. The highest BCUT2D eigenvalue weighted by Crippen LogP contribution is 2.24. The van der Waals surface area contributed by atoms with E-state index in [0.717, 1.165) is 25.5 Å². The van der Waals surface area contributed by atoms with E-state index in [1.807, 2.05) is 0 Å². The van der Waals surface area contributed by atoms with Crippen LogP contribution in [0.25, 0.3) is 0 Å². The van der Waals surface area contributed by atoms with Crippen molar-refractivity contribution in [2.45, 2.75) is 25.3 Å². The number of halogens is 2. The van der Waals surface area contributed by atoms with Gasteiger partial charge in [0.05, 0.1) is 6.20 Å². The maximum atomic E-state index is 12.7. The molecule has 1 aromatic rings. The number of amides is 1. The van der Waals surface area contributed by atoms with Crippen LogP contribution in [-0.4, -0.2) is 23.5 Å². The van der Waals surface area contributed by atoms with Gasteiger partial charge in [-0.25, -0.2) is 9.37 Å². The monoisotopic (exact) mass is 273 g/mol. The van der Waals surface area contributed by atoms with Crippen molar-refractivity contribution < 1.29 is 9.18 Å². The predicted molar refractivity (Wildman–Crippen MR) is 69.1 cm³/mol. The van der Waals surface area contributed by atoms with Gasteiger partial charge in [-0.05, 0) is 37.4 Å². The fourth-order valence-electron chi connectivity index (χ4n) is 2.26. The number of hydrogen-bond donors (Lipinski definition) is 2. The quantitative estimate of drug-likeness (QED) is 0.877. The number of hydrogen-bond acceptors (Lipinski definition) is 3. The van der Waals surface area contributed by atoms with Gasteiger partial charge in [0.25, 0.3) is 5.91 Å². The van der Waals surface area contributed by atoms with Gasteiger partial charge in [-0.2, -0.15) is 0 Å². The minimum absolute atomic E-state index is 0. The summed E-state index contributed by atoms with van der Waals surface area (Å²) < 4.78 is 12.7. The average molecular weight is 274 g/mol. The van der Waals surface area contributed by atoms with Gasteiger partial charge in [0, 0.05) is 6.04 Å². The largest absolute Gasteiger partial charge is 0.348 e. The maximum absolute atomic E-state index is 12.7. The van der Waals surface area contributed by atoms with E-state index in [1.165, 1.54) is 12.1 Å². The molecule has 4 nitrogen and oxygen atoms in total. The molecule has 100 valence electrons. The molecule has 1 fully saturated rings. The highest BCUT2D eigenvalue weighted by Gasteiger charge is 2.27. The Balaban J connectivity index is 0.00000162. The summed E-state index contributed by atoms with van der Waals surface area (Å²) in [7, 11) is 0. The SMILES string of the molecule is Cl.NCC1CCCC1NC(=O)c1ccc(F)cn1. The number of nitrogens with two attached hydrogens (primary N) is 1. The molecule has 1 heterocycles. The molecule has 0 radical (unpaired) electrons. The predicted octanol–water partition coefficient (Wildman–Crippen LogP) is 1.50. The second kappa shape index (κ2) is 6.66. The molecular formula is C12H17ClFN3O. The first-order chi connectivity index (χ1) is 8.20. The molecule has 0 spiro atoms. The summed E-state index contributed by atoms with van der Waals surface area (Å²) in [6.45, 7) is 0.585. The summed E-state index contributed by atoms with van der Waals surface area (Å²) in [5.41, 5.74) is 5.89. The van der Waals surface area contributed by atoms with Crippen LogP contribution >= 0.6 is 12.4 Å². The van der Waals surface area contributed by atoms with Crippen molar-refractivity contribution in [1.29, 1.82) is 0 Å². The van der Waals surface area contributed by atoms with Crippen LogP contribution in [-0.2, 0) is 0 Å². The van der Waals surface area contributed by atoms with Crippen molar-refractivity contribution in [3.05, 3.63) is 29.8 Å². The highest BCUT2D eigenvalue weighted by atomic mass is 35.5. The van der Waals surface area contributed by atoms with Crippen molar-refractivity contribution in [2.75, 3.05) is 6.54 Å². The molecule has 0 saturated heterocycles. The van der Waals surface area contributed by atoms with Gasteiger partial charge in [-0.1, -0.05) is 6.42 Å². The van der Waals surface area contributed by atoms with E-state index >= 15 is 0 Å². The zero-order chi connectivity index (χ0) is 12.3. The van der Waals surface area contributed by atoms with Crippen molar-refractivity contribution >= 4 is 18.3 Å². The van der Waals surface area contributed by atoms with Crippen LogP contribution in [0.4, 0.5) is 4.39 Å². The maximum Gasteiger partial charge on any atom is 0.270 e. The Kier molecular flexibility index (Phi) is 5.50. The van der Waals surface area contributed by atoms with E-state index in [9.17, 15) is 9.18 Å². The first-order valence-corrected chi connectivity index (χ1v) is 5.83. The van der Waals surface area contributed by atoms with E-state index in [4.69, 9.17) is 5.73 Å². The molecule has 0 bridgehead atoms. The number of rotatable bonds is 3. The van der Waals surface area contributed by atoms with Crippen molar-refractivity contribution in [1.82, 2.24) is 10.3 Å². The third-order valence-electron chi connectivity index (χ3n) is 3.24. The van der Waals surface area contributed by atoms with Crippen LogP contribution in [0, 0.1) is 11.7 Å². The van der Waals surface area contributed by atoms with Crippen molar-refractivity contribution in [3.8, 4) is 0 Å². The second-order valence-electron chi connectivity index (χ2n) is 4.37. The average Bonchev–Trinajstić information content (AvgIpc) is 2.77. The molecule has 18 heavy (non-hydrogen) atoms. The summed E-state index contributed by atoms with van der Waals surface area (Å²) in [5, 5.41) is 2.91. The molecule has 3 N–H and O–H groups in total. The van der Waals surface area contributed by atoms with Gasteiger partial charge in [-0.15, -0.1) is 12.4 Å². The lowest BCUT2D eigenvalue weighted by atomic mass is 10.0. The molecule has 0 aliphatic heterocycles. The lowest BCUT2D eigenvalue weighted by Gasteiger charge is -2.19. The summed E-state index contributed by atoms with van der Waals surface area (Å²) >= 11 is 0. The first-order valence-electron chi connectivity index (χ1n) is 5.83. The molecular weight excluding hydrogens is 257 g/mol. The zero-order valence-corrected chi connectivity index (χ0v) is 10.8. The first kappa shape index (κ1) is 14.9. The summed E-state index contributed by atoms with van der Waals surface area (Å²) in [5.74, 6) is -0.350. The van der Waals surface area contributed by atoms with Gasteiger partial charge in [0.15, 0.2) is 0 Å². The minimum Gasteiger partial charge on any atom is -0.348 e. The third-order valence-corrected chi connectivity index (χ3v) is 3.24. The molecule has 1 amide bonds. The Hall–Kier alpha value is -1.20. The standard InChI is InChI=1S/C12H16FN3O.ClH/c13-9-4-5-11(15-7-9)12(17)16-10-3-1-2-8(10)6-14;/h4-5,7-8,10H,1-3,6,14H2,(H,16,17);1H. The number of carbonyl (C=O) groups is 1. The van der Waals surface area contributed by atoms with Crippen LogP contribution in [0.2, 0.25) is 0 Å². The second-order valence-corrected chi connectivity index (χ2v) is 4.37. The molecule has 1 aliphatic rings. The van der Waals surface area contributed by atoms with Gasteiger partial charge in [0.1, 0.15) is 11.5 Å². The minimum atomic E-state index is -0.442. The Morgan fingerprint density at radius 2 is 2.28 bits per heavy atom. The normalized spacial score (nSPS) is 22.3. The topological polar surface area (TPSA) is 68.0 Å². The van der Waals surface area contributed by atoms with Crippen LogP contribution in [0.1, 0.15) is 29.8 Å². The van der Waals surface area contributed by atoms with Crippen molar-refractivity contribution in [2.24, 2.45) is 11.7 Å². The fourth-order valence-corrected chi connectivity index (χ4v) is 2.26. The Labute approximate surface area is 112 Å². The smallest absolute Gasteiger partial charge is 0.270 e. The molecule has 2 rings (SSSR count). The molecule has 6 heteroatoms. The van der Waals surface area contributed by atoms with Crippen LogP contribution < -0.4 is 11.1 Å². The van der Waals surface area contributed by atoms with E-state index in [0.29, 0.717) is 12.5 Å². The lowest BCUT2D eigenvalue weighted by Crippen LogP contribution is -2.40. The van der Waals surface area contributed by atoms with Crippen LogP contribution in [0.5, 0.6) is 0 Å². The van der Waals surface area contributed by atoms with E-state index in [2.05, 4.69) is 10.3 Å².